The van der Waals surface area contributed by atoms with Crippen LogP contribution in [0.5, 0.6) is 0 Å². The molecule has 0 rings (SSSR count). The van der Waals surface area contributed by atoms with E-state index in [2.05, 4.69) is 19.2 Å². The van der Waals surface area contributed by atoms with Gasteiger partial charge in [-0.2, -0.15) is 0 Å². The van der Waals surface area contributed by atoms with Crippen molar-refractivity contribution in [3.05, 3.63) is 0 Å². The molecule has 0 fully saturated rings. The molecule has 3 nitrogen and oxygen atoms in total. The van der Waals surface area contributed by atoms with Crippen molar-refractivity contribution in [2.45, 2.75) is 33.7 Å². The average molecular weight is 189 g/mol. The highest BCUT2D eigenvalue weighted by molar-refractivity contribution is 4.76. The van der Waals surface area contributed by atoms with E-state index in [-0.39, 0.29) is 24.7 Å². The average Bonchev–Trinajstić information content (AvgIpc) is 2.05. The quantitative estimate of drug-likeness (QED) is 0.574. The Morgan fingerprint density at radius 3 is 2.08 bits per heavy atom. The molecule has 3 heteroatoms. The van der Waals surface area contributed by atoms with E-state index in [0.29, 0.717) is 5.92 Å². The summed E-state index contributed by atoms with van der Waals surface area (Å²) in [4.78, 5) is 0. The van der Waals surface area contributed by atoms with Crippen LogP contribution in [0.1, 0.15) is 27.7 Å². The molecular weight excluding hydrogens is 166 g/mol. The van der Waals surface area contributed by atoms with Gasteiger partial charge in [0, 0.05) is 24.6 Å². The smallest absolute Gasteiger partial charge is 0.0587 e. The molecule has 0 saturated heterocycles. The van der Waals surface area contributed by atoms with Crippen LogP contribution in [-0.2, 0) is 0 Å². The lowest BCUT2D eigenvalue weighted by molar-refractivity contribution is 0.137. The minimum absolute atomic E-state index is 0.109. The second kappa shape index (κ2) is 5.58. The fraction of sp³-hybridized carbons (Fsp3) is 1.00. The summed E-state index contributed by atoms with van der Waals surface area (Å²) in [6.45, 7) is 9.17. The molecule has 0 heterocycles. The molecule has 0 aromatic heterocycles. The number of nitrogens with one attached hydrogen (secondary N) is 1. The van der Waals surface area contributed by atoms with Crippen molar-refractivity contribution in [3.8, 4) is 0 Å². The molecule has 1 atom stereocenters. The van der Waals surface area contributed by atoms with E-state index in [9.17, 15) is 0 Å². The zero-order valence-corrected chi connectivity index (χ0v) is 9.17. The summed E-state index contributed by atoms with van der Waals surface area (Å²) in [5, 5.41) is 21.3. The molecule has 3 N–H and O–H groups in total. The number of hydrogen-bond donors (Lipinski definition) is 3. The van der Waals surface area contributed by atoms with Gasteiger partial charge in [0.2, 0.25) is 0 Å². The van der Waals surface area contributed by atoms with Crippen molar-refractivity contribution in [3.63, 3.8) is 0 Å². The summed E-state index contributed by atoms with van der Waals surface area (Å²) in [7, 11) is 0. The SMILES string of the molecule is CC(C)C(CO)NCC(C)(C)CO. The second-order valence-corrected chi connectivity index (χ2v) is 4.74. The Morgan fingerprint density at radius 2 is 1.77 bits per heavy atom. The van der Waals surface area contributed by atoms with Crippen LogP contribution in [0.3, 0.4) is 0 Å². The Bertz CT molecular complexity index is 135. The zero-order valence-electron chi connectivity index (χ0n) is 9.17. The van der Waals surface area contributed by atoms with Gasteiger partial charge >= 0.3 is 0 Å². The van der Waals surface area contributed by atoms with Crippen molar-refractivity contribution < 1.29 is 10.2 Å². The van der Waals surface area contributed by atoms with Crippen LogP contribution in [0.15, 0.2) is 0 Å². The van der Waals surface area contributed by atoms with Crippen LogP contribution in [-0.4, -0.2) is 36.0 Å². The highest BCUT2D eigenvalue weighted by atomic mass is 16.3. The zero-order chi connectivity index (χ0) is 10.5. The molecule has 0 aliphatic rings. The Morgan fingerprint density at radius 1 is 1.23 bits per heavy atom. The second-order valence-electron chi connectivity index (χ2n) is 4.74. The fourth-order valence-corrected chi connectivity index (χ4v) is 0.974. The maximum absolute atomic E-state index is 9.04. The monoisotopic (exact) mass is 189 g/mol. The lowest BCUT2D eigenvalue weighted by Crippen LogP contribution is -2.43. The third-order valence-corrected chi connectivity index (χ3v) is 2.27. The number of aliphatic hydroxyl groups excluding tert-OH is 2. The number of aliphatic hydroxyl groups is 2. The Labute approximate surface area is 81.2 Å². The van der Waals surface area contributed by atoms with Gasteiger partial charge in [-0.15, -0.1) is 0 Å². The molecule has 0 amide bonds. The van der Waals surface area contributed by atoms with E-state index in [4.69, 9.17) is 10.2 Å². The topological polar surface area (TPSA) is 52.5 Å². The third-order valence-electron chi connectivity index (χ3n) is 2.27. The lowest BCUT2D eigenvalue weighted by atomic mass is 9.93. The molecule has 0 saturated carbocycles. The minimum atomic E-state index is -0.109. The van der Waals surface area contributed by atoms with E-state index >= 15 is 0 Å². The first-order valence-electron chi connectivity index (χ1n) is 4.88. The van der Waals surface area contributed by atoms with Gasteiger partial charge in [-0.3, -0.25) is 0 Å². The van der Waals surface area contributed by atoms with Crippen molar-refractivity contribution in [1.29, 1.82) is 0 Å². The van der Waals surface area contributed by atoms with Gasteiger partial charge in [0.1, 0.15) is 0 Å². The van der Waals surface area contributed by atoms with Gasteiger partial charge in [0.05, 0.1) is 6.61 Å². The van der Waals surface area contributed by atoms with E-state index in [1.807, 2.05) is 13.8 Å². The molecule has 0 aromatic carbocycles. The molecule has 13 heavy (non-hydrogen) atoms. The number of hydrogen-bond acceptors (Lipinski definition) is 3. The normalized spacial score (nSPS) is 15.0. The third kappa shape index (κ3) is 5.24. The Balaban J connectivity index is 3.85. The fourth-order valence-electron chi connectivity index (χ4n) is 0.974. The maximum atomic E-state index is 9.04. The van der Waals surface area contributed by atoms with Crippen LogP contribution in [0.4, 0.5) is 0 Å². The molecule has 0 aliphatic heterocycles. The first kappa shape index (κ1) is 12.9. The van der Waals surface area contributed by atoms with Crippen LogP contribution in [0, 0.1) is 11.3 Å². The highest BCUT2D eigenvalue weighted by Gasteiger charge is 2.19. The molecule has 0 radical (unpaired) electrons. The van der Waals surface area contributed by atoms with Crippen molar-refractivity contribution >= 4 is 0 Å². The summed E-state index contributed by atoms with van der Waals surface area (Å²) < 4.78 is 0. The van der Waals surface area contributed by atoms with Gasteiger partial charge in [0.15, 0.2) is 0 Å². The van der Waals surface area contributed by atoms with E-state index in [1.54, 1.807) is 0 Å². The standard InChI is InChI=1S/C10H23NO2/c1-8(2)9(5-12)11-6-10(3,4)7-13/h8-9,11-13H,5-7H2,1-4H3. The summed E-state index contributed by atoms with van der Waals surface area (Å²) in [5.41, 5.74) is -0.109. The first-order valence-corrected chi connectivity index (χ1v) is 4.88. The van der Waals surface area contributed by atoms with E-state index in [0.717, 1.165) is 6.54 Å². The maximum Gasteiger partial charge on any atom is 0.0587 e. The number of rotatable bonds is 6. The van der Waals surface area contributed by atoms with Crippen LogP contribution < -0.4 is 5.32 Å². The van der Waals surface area contributed by atoms with Gasteiger partial charge in [-0.05, 0) is 5.92 Å². The molecule has 80 valence electrons. The molecule has 0 aromatic rings. The summed E-state index contributed by atoms with van der Waals surface area (Å²) >= 11 is 0. The summed E-state index contributed by atoms with van der Waals surface area (Å²) in [5.74, 6) is 0.416. The van der Waals surface area contributed by atoms with E-state index < -0.39 is 0 Å². The van der Waals surface area contributed by atoms with Crippen LogP contribution in [0.2, 0.25) is 0 Å². The highest BCUT2D eigenvalue weighted by Crippen LogP contribution is 2.12. The summed E-state index contributed by atoms with van der Waals surface area (Å²) in [6, 6.07) is 0.130. The van der Waals surface area contributed by atoms with E-state index in [1.165, 1.54) is 0 Å². The van der Waals surface area contributed by atoms with Gasteiger partial charge in [-0.1, -0.05) is 27.7 Å². The Hall–Kier alpha value is -0.120. The van der Waals surface area contributed by atoms with Crippen LogP contribution >= 0.6 is 0 Å². The molecule has 1 unspecified atom stereocenters. The van der Waals surface area contributed by atoms with Gasteiger partial charge < -0.3 is 15.5 Å². The molecule has 0 bridgehead atoms. The van der Waals surface area contributed by atoms with Gasteiger partial charge in [-0.25, -0.2) is 0 Å². The Kier molecular flexibility index (Phi) is 5.53. The van der Waals surface area contributed by atoms with Crippen LogP contribution in [0.25, 0.3) is 0 Å². The first-order chi connectivity index (χ1) is 5.93. The molecular formula is C10H23NO2. The minimum Gasteiger partial charge on any atom is -0.396 e. The molecule has 0 aliphatic carbocycles. The largest absolute Gasteiger partial charge is 0.396 e. The van der Waals surface area contributed by atoms with Crippen molar-refractivity contribution in [1.82, 2.24) is 5.32 Å². The summed E-state index contributed by atoms with van der Waals surface area (Å²) in [6.07, 6.45) is 0. The van der Waals surface area contributed by atoms with Crippen molar-refractivity contribution in [2.75, 3.05) is 19.8 Å². The lowest BCUT2D eigenvalue weighted by Gasteiger charge is -2.27. The predicted octanol–water partition coefficient (Wildman–Crippen LogP) is 0.611. The van der Waals surface area contributed by atoms with Gasteiger partial charge in [0.25, 0.3) is 0 Å². The van der Waals surface area contributed by atoms with Crippen molar-refractivity contribution in [2.24, 2.45) is 11.3 Å². The molecule has 0 spiro atoms. The predicted molar refractivity (Wildman–Crippen MR) is 54.6 cm³/mol.